The zero-order valence-electron chi connectivity index (χ0n) is 20.0. The number of carbonyl (C=O) groups excluding carboxylic acids is 1. The summed E-state index contributed by atoms with van der Waals surface area (Å²) in [5, 5.41) is 23.2. The summed E-state index contributed by atoms with van der Waals surface area (Å²) in [5.74, 6) is -0.390. The number of aromatic nitrogens is 2. The molecule has 10 heteroatoms. The van der Waals surface area contributed by atoms with Crippen LogP contribution in [-0.4, -0.2) is 56.9 Å². The second-order valence-corrected chi connectivity index (χ2v) is 8.98. The first-order chi connectivity index (χ1) is 16.7. The number of amidine groups is 1. The lowest BCUT2D eigenvalue weighted by atomic mass is 9.89. The highest BCUT2D eigenvalue weighted by Crippen LogP contribution is 2.31. The Hall–Kier alpha value is -3.92. The Morgan fingerprint density at radius 1 is 1.17 bits per heavy atom. The van der Waals surface area contributed by atoms with Gasteiger partial charge in [0.2, 0.25) is 5.91 Å². The zero-order chi connectivity index (χ0) is 25.2. The van der Waals surface area contributed by atoms with Crippen LogP contribution in [0.3, 0.4) is 0 Å². The van der Waals surface area contributed by atoms with Crippen LogP contribution in [0.4, 0.5) is 5.69 Å². The van der Waals surface area contributed by atoms with Gasteiger partial charge in [-0.1, -0.05) is 12.1 Å². The van der Waals surface area contributed by atoms with Crippen LogP contribution < -0.4 is 16.4 Å². The number of nitrogens with two attached hydrogens (primary N) is 1. The molecule has 10 nitrogen and oxygen atoms in total. The fraction of sp³-hybridized carbons (Fsp3) is 0.360. The maximum absolute atomic E-state index is 13.6. The number of amides is 1. The number of fused-ring (bicyclic) bond motifs is 1. The smallest absolute Gasteiger partial charge is 0.317 e. The Kier molecular flexibility index (Phi) is 6.74. The number of nitrogen functional groups attached to an aromatic ring is 1. The Bertz CT molecular complexity index is 1260. The lowest BCUT2D eigenvalue weighted by Gasteiger charge is -2.33. The van der Waals surface area contributed by atoms with E-state index in [1.165, 1.54) is 0 Å². The van der Waals surface area contributed by atoms with Crippen LogP contribution in [-0.2, 0) is 28.7 Å². The van der Waals surface area contributed by atoms with Crippen LogP contribution in [0, 0.1) is 5.41 Å². The number of hydrogen-bond acceptors (Lipinski definition) is 6. The number of imidazole rings is 1. The number of carbonyl (C=O) groups is 2. The Balaban J connectivity index is 1.67. The Morgan fingerprint density at radius 3 is 2.49 bits per heavy atom. The number of nitrogens with zero attached hydrogens (tertiary/aromatic N) is 3. The van der Waals surface area contributed by atoms with Gasteiger partial charge < -0.3 is 25.6 Å². The summed E-state index contributed by atoms with van der Waals surface area (Å²) < 4.78 is 1.97. The van der Waals surface area contributed by atoms with Gasteiger partial charge in [0.05, 0.1) is 24.1 Å². The number of hydrogen-bond donors (Lipinski definition) is 5. The number of carboxylic acid groups (broad SMARTS) is 1. The number of carboxylic acids is 1. The topological polar surface area (TPSA) is 149 Å². The molecule has 0 bridgehead atoms. The van der Waals surface area contributed by atoms with E-state index in [2.05, 4.69) is 10.6 Å². The number of benzene rings is 2. The lowest BCUT2D eigenvalue weighted by Crippen LogP contribution is -2.54. The minimum Gasteiger partial charge on any atom is -0.480 e. The quantitative estimate of drug-likeness (QED) is 0.234. The van der Waals surface area contributed by atoms with Gasteiger partial charge >= 0.3 is 5.97 Å². The molecule has 3 aromatic rings. The van der Waals surface area contributed by atoms with Crippen LogP contribution in [0.5, 0.6) is 0 Å². The van der Waals surface area contributed by atoms with Crippen molar-refractivity contribution in [2.45, 2.75) is 31.8 Å². The molecule has 2 heterocycles. The highest BCUT2D eigenvalue weighted by molar-refractivity contribution is 5.95. The van der Waals surface area contributed by atoms with Gasteiger partial charge in [-0.05, 0) is 50.1 Å². The number of nitrogens with one attached hydrogen (secondary N) is 3. The number of aliphatic carboxylic acids is 1. The maximum atomic E-state index is 13.6. The van der Waals surface area contributed by atoms with E-state index in [9.17, 15) is 14.7 Å². The molecule has 1 aromatic heterocycles. The number of aryl methyl sites for hydroxylation is 1. The molecule has 4 rings (SSSR count). The van der Waals surface area contributed by atoms with Gasteiger partial charge in [0.25, 0.3) is 0 Å². The molecule has 1 saturated heterocycles. The molecule has 6 N–H and O–H groups in total. The van der Waals surface area contributed by atoms with Gasteiger partial charge in [-0.3, -0.25) is 20.3 Å². The number of anilines is 1. The van der Waals surface area contributed by atoms with Crippen LogP contribution in [0.15, 0.2) is 42.5 Å². The predicted molar refractivity (Wildman–Crippen MR) is 134 cm³/mol. The number of likely N-dealkylation sites (tertiary alicyclic amines) is 1. The molecule has 0 radical (unpaired) electrons. The van der Waals surface area contributed by atoms with E-state index < -0.39 is 11.5 Å². The summed E-state index contributed by atoms with van der Waals surface area (Å²) >= 11 is 0. The first-order valence-corrected chi connectivity index (χ1v) is 11.6. The first-order valence-electron chi connectivity index (χ1n) is 11.6. The van der Waals surface area contributed by atoms with Crippen molar-refractivity contribution >= 4 is 34.4 Å². The summed E-state index contributed by atoms with van der Waals surface area (Å²) in [7, 11) is 1.92. The van der Waals surface area contributed by atoms with Gasteiger partial charge in [0.1, 0.15) is 17.2 Å². The molecule has 1 amide bonds. The fourth-order valence-corrected chi connectivity index (χ4v) is 4.55. The molecule has 1 fully saturated rings. The summed E-state index contributed by atoms with van der Waals surface area (Å²) in [4.78, 5) is 31.6. The summed E-state index contributed by atoms with van der Waals surface area (Å²) in [6.45, 7) is 3.17. The van der Waals surface area contributed by atoms with Crippen LogP contribution >= 0.6 is 0 Å². The van der Waals surface area contributed by atoms with Crippen LogP contribution in [0.25, 0.3) is 11.0 Å². The Morgan fingerprint density at radius 2 is 1.86 bits per heavy atom. The molecule has 0 spiro atoms. The van der Waals surface area contributed by atoms with E-state index in [1.54, 1.807) is 24.0 Å². The molecule has 184 valence electrons. The van der Waals surface area contributed by atoms with Crippen molar-refractivity contribution in [1.29, 1.82) is 5.41 Å². The van der Waals surface area contributed by atoms with Gasteiger partial charge in [-0.25, -0.2) is 4.98 Å². The van der Waals surface area contributed by atoms with E-state index in [0.717, 1.165) is 29.9 Å². The van der Waals surface area contributed by atoms with Gasteiger partial charge in [0.15, 0.2) is 0 Å². The van der Waals surface area contributed by atoms with Crippen molar-refractivity contribution in [2.24, 2.45) is 12.8 Å². The van der Waals surface area contributed by atoms with Crippen molar-refractivity contribution in [3.05, 3.63) is 59.4 Å². The molecule has 0 unspecified atom stereocenters. The predicted octanol–water partition coefficient (Wildman–Crippen LogP) is 1.98. The number of rotatable bonds is 9. The molecule has 0 saturated carbocycles. The first kappa shape index (κ1) is 24.2. The fourth-order valence-electron chi connectivity index (χ4n) is 4.55. The van der Waals surface area contributed by atoms with Crippen molar-refractivity contribution in [1.82, 2.24) is 19.8 Å². The molecule has 0 aliphatic carbocycles. The molecule has 2 aromatic carbocycles. The molecular formula is C25H31N7O3. The highest BCUT2D eigenvalue weighted by atomic mass is 16.4. The van der Waals surface area contributed by atoms with Crippen molar-refractivity contribution in [3.63, 3.8) is 0 Å². The van der Waals surface area contributed by atoms with E-state index in [-0.39, 0.29) is 18.3 Å². The van der Waals surface area contributed by atoms with E-state index in [0.29, 0.717) is 36.3 Å². The molecule has 1 aliphatic heterocycles. The van der Waals surface area contributed by atoms with Gasteiger partial charge in [-0.2, -0.15) is 0 Å². The summed E-state index contributed by atoms with van der Waals surface area (Å²) in [5.41, 5.74) is 7.97. The van der Waals surface area contributed by atoms with Crippen LogP contribution in [0.1, 0.15) is 36.7 Å². The summed E-state index contributed by atoms with van der Waals surface area (Å²) in [6, 6.07) is 12.9. The maximum Gasteiger partial charge on any atom is 0.317 e. The second kappa shape index (κ2) is 9.75. The monoisotopic (exact) mass is 477 g/mol. The van der Waals surface area contributed by atoms with Gasteiger partial charge in [-0.15, -0.1) is 0 Å². The third kappa shape index (κ3) is 4.83. The minimum atomic E-state index is -1.23. The van der Waals surface area contributed by atoms with E-state index in [1.807, 2.05) is 41.9 Å². The summed E-state index contributed by atoms with van der Waals surface area (Å²) in [6.07, 6.45) is 1.88. The highest BCUT2D eigenvalue weighted by Gasteiger charge is 2.41. The van der Waals surface area contributed by atoms with E-state index in [4.69, 9.17) is 16.1 Å². The third-order valence-corrected chi connectivity index (χ3v) is 6.60. The Labute approximate surface area is 203 Å². The van der Waals surface area contributed by atoms with E-state index >= 15 is 0 Å². The average molecular weight is 478 g/mol. The van der Waals surface area contributed by atoms with Gasteiger partial charge in [0, 0.05) is 37.0 Å². The average Bonchev–Trinajstić information content (AvgIpc) is 3.49. The molecular weight excluding hydrogens is 446 g/mol. The van der Waals surface area contributed by atoms with Crippen molar-refractivity contribution < 1.29 is 14.7 Å². The zero-order valence-corrected chi connectivity index (χ0v) is 20.0. The standard InChI is InChI=1S/C25H31N7O3/c1-25(29-15-21(33)34,24(35)32-12-3-4-13-32)18-6-5-7-19-22(18)30-20(31(19)2)14-28-17-10-8-16(9-11-17)23(26)27/h5-11,28-29H,3-4,12-15H2,1-2H3,(H3,26,27)(H,33,34)/t25-/m0/s1. The molecule has 1 aliphatic rings. The van der Waals surface area contributed by atoms with Crippen molar-refractivity contribution in [3.8, 4) is 0 Å². The lowest BCUT2D eigenvalue weighted by molar-refractivity contribution is -0.139. The second-order valence-electron chi connectivity index (χ2n) is 8.98. The molecule has 35 heavy (non-hydrogen) atoms. The van der Waals surface area contributed by atoms with Crippen LogP contribution in [0.2, 0.25) is 0 Å². The minimum absolute atomic E-state index is 0.0162. The molecule has 1 atom stereocenters. The third-order valence-electron chi connectivity index (χ3n) is 6.60. The number of para-hydroxylation sites is 1. The normalized spacial score (nSPS) is 15.2. The largest absolute Gasteiger partial charge is 0.480 e. The van der Waals surface area contributed by atoms with Crippen molar-refractivity contribution in [2.75, 3.05) is 25.0 Å². The SMILES string of the molecule is Cn1c(CNc2ccc(C(=N)N)cc2)nc2c([C@](C)(NCC(=O)O)C(=O)N3CCCC3)cccc21.